The van der Waals surface area contributed by atoms with Crippen LogP contribution in [0.3, 0.4) is 0 Å². The van der Waals surface area contributed by atoms with E-state index in [-0.39, 0.29) is 5.92 Å². The van der Waals surface area contributed by atoms with Crippen molar-refractivity contribution in [3.8, 4) is 0 Å². The largest absolute Gasteiger partial charge is 0.362 e. The molecule has 0 aliphatic heterocycles. The molecule has 1 fully saturated rings. The second-order valence-corrected chi connectivity index (χ2v) is 2.30. The molecule has 0 aromatic rings. The summed E-state index contributed by atoms with van der Waals surface area (Å²) in [5, 5.41) is 8.49. The summed E-state index contributed by atoms with van der Waals surface area (Å²) in [4.78, 5) is 0. The SMILES string of the molecule is CC(O)(F)C1CC1. The molecule has 1 N–H and O–H groups in total. The molecule has 0 radical (unpaired) electrons. The van der Waals surface area contributed by atoms with Gasteiger partial charge in [0.2, 0.25) is 5.85 Å². The van der Waals surface area contributed by atoms with Gasteiger partial charge in [0.05, 0.1) is 0 Å². The van der Waals surface area contributed by atoms with Gasteiger partial charge in [0, 0.05) is 5.92 Å². The first kappa shape index (κ1) is 5.04. The number of hydrogen-bond donors (Lipinski definition) is 1. The van der Waals surface area contributed by atoms with Gasteiger partial charge < -0.3 is 5.11 Å². The Morgan fingerprint density at radius 2 is 2.14 bits per heavy atom. The molecule has 0 aromatic heterocycles. The van der Waals surface area contributed by atoms with Gasteiger partial charge >= 0.3 is 0 Å². The summed E-state index contributed by atoms with van der Waals surface area (Å²) in [6.45, 7) is 1.21. The van der Waals surface area contributed by atoms with Crippen LogP contribution in [0, 0.1) is 5.92 Å². The van der Waals surface area contributed by atoms with Crippen molar-refractivity contribution in [1.82, 2.24) is 0 Å². The topological polar surface area (TPSA) is 20.2 Å². The Labute approximate surface area is 42.2 Å². The molecule has 0 bridgehead atoms. The van der Waals surface area contributed by atoms with E-state index in [0.717, 1.165) is 12.8 Å². The summed E-state index contributed by atoms with van der Waals surface area (Å²) in [5.74, 6) is -1.95. The molecule has 42 valence electrons. The summed E-state index contributed by atoms with van der Waals surface area (Å²) >= 11 is 0. The summed E-state index contributed by atoms with van der Waals surface area (Å²) in [5.41, 5.74) is 0. The fraction of sp³-hybridized carbons (Fsp3) is 1.00. The quantitative estimate of drug-likeness (QED) is 0.527. The standard InChI is InChI=1S/C5H9FO/c1-5(6,7)4-2-3-4/h4,7H,2-3H2,1H3. The van der Waals surface area contributed by atoms with Crippen LogP contribution in [0.4, 0.5) is 4.39 Å². The molecule has 7 heavy (non-hydrogen) atoms. The van der Waals surface area contributed by atoms with Gasteiger partial charge in [-0.2, -0.15) is 0 Å². The van der Waals surface area contributed by atoms with Crippen molar-refractivity contribution in [2.24, 2.45) is 5.92 Å². The summed E-state index contributed by atoms with van der Waals surface area (Å²) in [7, 11) is 0. The van der Waals surface area contributed by atoms with Crippen LogP contribution >= 0.6 is 0 Å². The van der Waals surface area contributed by atoms with Gasteiger partial charge in [0.25, 0.3) is 0 Å². The summed E-state index contributed by atoms with van der Waals surface area (Å²) < 4.78 is 12.1. The van der Waals surface area contributed by atoms with Crippen molar-refractivity contribution in [2.75, 3.05) is 0 Å². The molecule has 0 saturated heterocycles. The number of alkyl halides is 1. The van der Waals surface area contributed by atoms with Crippen LogP contribution in [-0.4, -0.2) is 11.0 Å². The van der Waals surface area contributed by atoms with Crippen molar-refractivity contribution in [2.45, 2.75) is 25.6 Å². The van der Waals surface area contributed by atoms with Crippen LogP contribution in [0.2, 0.25) is 0 Å². The third kappa shape index (κ3) is 1.13. The van der Waals surface area contributed by atoms with Crippen LogP contribution in [0.1, 0.15) is 19.8 Å². The first-order chi connectivity index (χ1) is 3.11. The first-order valence-electron chi connectivity index (χ1n) is 2.52. The molecule has 1 unspecified atom stereocenters. The second kappa shape index (κ2) is 1.19. The van der Waals surface area contributed by atoms with Crippen LogP contribution in [0.15, 0.2) is 0 Å². The Morgan fingerprint density at radius 3 is 2.14 bits per heavy atom. The lowest BCUT2D eigenvalue weighted by Crippen LogP contribution is -2.18. The van der Waals surface area contributed by atoms with Crippen molar-refractivity contribution >= 4 is 0 Å². The van der Waals surface area contributed by atoms with Crippen LogP contribution in [0.5, 0.6) is 0 Å². The van der Waals surface area contributed by atoms with E-state index in [1.807, 2.05) is 0 Å². The van der Waals surface area contributed by atoms with E-state index in [1.54, 1.807) is 0 Å². The number of aliphatic hydroxyl groups is 1. The maximum atomic E-state index is 12.1. The molecule has 0 spiro atoms. The molecule has 1 rings (SSSR count). The van der Waals surface area contributed by atoms with E-state index in [9.17, 15) is 4.39 Å². The number of halogens is 1. The second-order valence-electron chi connectivity index (χ2n) is 2.30. The average Bonchev–Trinajstić information content (AvgIpc) is 1.99. The molecule has 1 saturated carbocycles. The minimum atomic E-state index is -1.89. The monoisotopic (exact) mass is 104 g/mol. The Morgan fingerprint density at radius 1 is 1.71 bits per heavy atom. The Kier molecular flexibility index (Phi) is 0.854. The van der Waals surface area contributed by atoms with E-state index in [1.165, 1.54) is 6.92 Å². The minimum absolute atomic E-state index is 0.0625. The highest BCUT2D eigenvalue weighted by molar-refractivity contribution is 4.83. The molecule has 2 heteroatoms. The first-order valence-corrected chi connectivity index (χ1v) is 2.52. The highest BCUT2D eigenvalue weighted by Gasteiger charge is 2.39. The third-order valence-corrected chi connectivity index (χ3v) is 1.32. The molecule has 0 aromatic carbocycles. The van der Waals surface area contributed by atoms with Gasteiger partial charge in [-0.1, -0.05) is 0 Å². The van der Waals surface area contributed by atoms with Gasteiger partial charge in [-0.25, -0.2) is 4.39 Å². The molecule has 1 nitrogen and oxygen atoms in total. The fourth-order valence-corrected chi connectivity index (χ4v) is 0.610. The van der Waals surface area contributed by atoms with E-state index in [4.69, 9.17) is 5.11 Å². The summed E-state index contributed by atoms with van der Waals surface area (Å²) in [6.07, 6.45) is 1.70. The Bertz CT molecular complexity index is 70.6. The van der Waals surface area contributed by atoms with Gasteiger partial charge in [0.1, 0.15) is 0 Å². The molecule has 1 atom stereocenters. The van der Waals surface area contributed by atoms with Crippen LogP contribution in [-0.2, 0) is 0 Å². The van der Waals surface area contributed by atoms with Crippen LogP contribution < -0.4 is 0 Å². The van der Waals surface area contributed by atoms with E-state index < -0.39 is 5.85 Å². The molecule has 1 aliphatic rings. The van der Waals surface area contributed by atoms with E-state index >= 15 is 0 Å². The van der Waals surface area contributed by atoms with Gasteiger partial charge in [0.15, 0.2) is 0 Å². The van der Waals surface area contributed by atoms with E-state index in [0.29, 0.717) is 0 Å². The van der Waals surface area contributed by atoms with Gasteiger partial charge in [-0.3, -0.25) is 0 Å². The van der Waals surface area contributed by atoms with Crippen LogP contribution in [0.25, 0.3) is 0 Å². The number of rotatable bonds is 1. The number of hydrogen-bond acceptors (Lipinski definition) is 1. The van der Waals surface area contributed by atoms with Gasteiger partial charge in [-0.15, -0.1) is 0 Å². The predicted octanol–water partition coefficient (Wildman–Crippen LogP) is 1.07. The highest BCUT2D eigenvalue weighted by Crippen LogP contribution is 2.39. The van der Waals surface area contributed by atoms with Crippen molar-refractivity contribution < 1.29 is 9.50 Å². The zero-order chi connectivity index (χ0) is 5.49. The van der Waals surface area contributed by atoms with E-state index in [2.05, 4.69) is 0 Å². The molecule has 1 aliphatic carbocycles. The smallest absolute Gasteiger partial charge is 0.206 e. The Balaban J connectivity index is 2.36. The zero-order valence-corrected chi connectivity index (χ0v) is 4.32. The lowest BCUT2D eigenvalue weighted by Gasteiger charge is -2.08. The average molecular weight is 104 g/mol. The Hall–Kier alpha value is -0.110. The lowest BCUT2D eigenvalue weighted by molar-refractivity contribution is -0.0892. The lowest BCUT2D eigenvalue weighted by atomic mass is 10.2. The maximum absolute atomic E-state index is 12.1. The van der Waals surface area contributed by atoms with Gasteiger partial charge in [-0.05, 0) is 19.8 Å². The normalized spacial score (nSPS) is 29.6. The zero-order valence-electron chi connectivity index (χ0n) is 4.32. The molecule has 0 heterocycles. The van der Waals surface area contributed by atoms with Crippen molar-refractivity contribution in [3.63, 3.8) is 0 Å². The third-order valence-electron chi connectivity index (χ3n) is 1.32. The van der Waals surface area contributed by atoms with Crippen molar-refractivity contribution in [1.29, 1.82) is 0 Å². The highest BCUT2D eigenvalue weighted by atomic mass is 19.2. The van der Waals surface area contributed by atoms with Crippen molar-refractivity contribution in [3.05, 3.63) is 0 Å². The minimum Gasteiger partial charge on any atom is -0.362 e. The molecular formula is C5H9FO. The maximum Gasteiger partial charge on any atom is 0.206 e. The summed E-state index contributed by atoms with van der Waals surface area (Å²) in [6, 6.07) is 0. The molecular weight excluding hydrogens is 95.1 g/mol. The molecule has 0 amide bonds. The predicted molar refractivity (Wildman–Crippen MR) is 24.5 cm³/mol. The fourth-order valence-electron chi connectivity index (χ4n) is 0.610.